The van der Waals surface area contributed by atoms with E-state index in [0.29, 0.717) is 13.0 Å². The standard InChI is InChI=1S/C27H37BF2N4O5/c1-26(2,33-15-12-27(29,30)13-16-33)18-22(31-3)24(35)34-14-8-7-11-21(34)19-39-25(36)32-23(28(37)38)17-20-9-5-4-6-10-20/h4-6,9-10,18,21,23,37-38H,7-8,11-17,19H2,1-2H3,(H,32,36)/t21-,23+/m1/s1. The molecule has 2 fully saturated rings. The Morgan fingerprint density at radius 1 is 1.23 bits per heavy atom. The molecule has 2 atom stereocenters. The normalized spacial score (nSPS) is 21.0. The summed E-state index contributed by atoms with van der Waals surface area (Å²) in [7, 11) is -1.80. The molecular weight excluding hydrogens is 509 g/mol. The van der Waals surface area contributed by atoms with Gasteiger partial charge < -0.3 is 25.0 Å². The summed E-state index contributed by atoms with van der Waals surface area (Å²) in [6.45, 7) is 11.9. The van der Waals surface area contributed by atoms with E-state index in [4.69, 9.17) is 11.3 Å². The van der Waals surface area contributed by atoms with Crippen LogP contribution in [0.5, 0.6) is 0 Å². The van der Waals surface area contributed by atoms with E-state index in [2.05, 4.69) is 10.2 Å². The van der Waals surface area contributed by atoms with Crippen molar-refractivity contribution in [1.29, 1.82) is 0 Å². The van der Waals surface area contributed by atoms with Gasteiger partial charge in [0.1, 0.15) is 6.61 Å². The molecule has 2 saturated heterocycles. The molecule has 0 spiro atoms. The predicted octanol–water partition coefficient (Wildman–Crippen LogP) is 3.03. The van der Waals surface area contributed by atoms with E-state index in [1.165, 1.54) is 4.90 Å². The number of alkyl halides is 2. The van der Waals surface area contributed by atoms with Crippen LogP contribution in [-0.4, -0.2) is 88.7 Å². The summed E-state index contributed by atoms with van der Waals surface area (Å²) in [5, 5.41) is 21.9. The minimum Gasteiger partial charge on any atom is -0.447 e. The van der Waals surface area contributed by atoms with E-state index in [0.717, 1.165) is 18.4 Å². The lowest BCUT2D eigenvalue weighted by Gasteiger charge is -2.42. The van der Waals surface area contributed by atoms with Gasteiger partial charge in [0, 0.05) is 38.0 Å². The molecule has 2 amide bonds. The highest BCUT2D eigenvalue weighted by Crippen LogP contribution is 2.32. The number of amides is 2. The minimum atomic E-state index is -2.70. The van der Waals surface area contributed by atoms with Crippen LogP contribution in [0, 0.1) is 6.57 Å². The molecule has 1 aromatic rings. The molecule has 0 saturated carbocycles. The lowest BCUT2D eigenvalue weighted by Crippen LogP contribution is -2.51. The number of carbonyl (C=O) groups is 2. The number of hydrogen-bond donors (Lipinski definition) is 3. The number of benzene rings is 1. The minimum absolute atomic E-state index is 0.0972. The van der Waals surface area contributed by atoms with Crippen LogP contribution < -0.4 is 5.32 Å². The second-order valence-corrected chi connectivity index (χ2v) is 10.7. The van der Waals surface area contributed by atoms with Gasteiger partial charge in [-0.1, -0.05) is 36.4 Å². The highest BCUT2D eigenvalue weighted by atomic mass is 19.3. The molecule has 39 heavy (non-hydrogen) atoms. The maximum absolute atomic E-state index is 13.6. The van der Waals surface area contributed by atoms with Crippen LogP contribution in [-0.2, 0) is 16.0 Å². The average Bonchev–Trinajstić information content (AvgIpc) is 2.90. The molecule has 0 aromatic heterocycles. The average molecular weight is 546 g/mol. The summed E-state index contributed by atoms with van der Waals surface area (Å²) in [5.74, 6) is -4.17. The first kappa shape index (κ1) is 30.5. The van der Waals surface area contributed by atoms with Gasteiger partial charge in [-0.05, 0) is 45.1 Å². The van der Waals surface area contributed by atoms with Gasteiger partial charge in [0.05, 0.1) is 18.6 Å². The summed E-state index contributed by atoms with van der Waals surface area (Å²) in [4.78, 5) is 32.7. The van der Waals surface area contributed by atoms with Crippen molar-refractivity contribution in [3.63, 3.8) is 0 Å². The Morgan fingerprint density at radius 3 is 2.51 bits per heavy atom. The first-order valence-corrected chi connectivity index (χ1v) is 13.3. The summed E-state index contributed by atoms with van der Waals surface area (Å²) >= 11 is 0. The molecule has 3 rings (SSSR count). The van der Waals surface area contributed by atoms with Crippen LogP contribution in [0.15, 0.2) is 42.1 Å². The van der Waals surface area contributed by atoms with Gasteiger partial charge in [-0.25, -0.2) is 18.4 Å². The lowest BCUT2D eigenvalue weighted by atomic mass is 9.76. The van der Waals surface area contributed by atoms with E-state index < -0.39 is 42.6 Å². The van der Waals surface area contributed by atoms with Crippen LogP contribution in [0.1, 0.15) is 51.5 Å². The molecule has 0 radical (unpaired) electrons. The smallest absolute Gasteiger partial charge is 0.447 e. The fraction of sp³-hybridized carbons (Fsp3) is 0.593. The largest absolute Gasteiger partial charge is 0.475 e. The summed E-state index contributed by atoms with van der Waals surface area (Å²) < 4.78 is 32.6. The van der Waals surface area contributed by atoms with Gasteiger partial charge in [0.2, 0.25) is 5.70 Å². The van der Waals surface area contributed by atoms with Crippen LogP contribution in [0.2, 0.25) is 0 Å². The Labute approximate surface area is 228 Å². The fourth-order valence-electron chi connectivity index (χ4n) is 5.03. The van der Waals surface area contributed by atoms with Crippen LogP contribution >= 0.6 is 0 Å². The van der Waals surface area contributed by atoms with Crippen molar-refractivity contribution in [2.45, 2.75) is 75.8 Å². The molecule has 2 aliphatic rings. The maximum Gasteiger partial charge on any atom is 0.475 e. The second kappa shape index (κ2) is 13.4. The van der Waals surface area contributed by atoms with E-state index in [1.807, 2.05) is 11.0 Å². The van der Waals surface area contributed by atoms with Gasteiger partial charge in [0.25, 0.3) is 11.8 Å². The molecule has 1 aromatic carbocycles. The zero-order chi connectivity index (χ0) is 28.6. The Balaban J connectivity index is 1.62. The van der Waals surface area contributed by atoms with Crippen LogP contribution in [0.3, 0.4) is 0 Å². The van der Waals surface area contributed by atoms with E-state index in [1.54, 1.807) is 44.2 Å². The van der Waals surface area contributed by atoms with Gasteiger partial charge >= 0.3 is 13.2 Å². The number of piperidine rings is 2. The maximum atomic E-state index is 13.6. The molecule has 3 N–H and O–H groups in total. The molecule has 0 bridgehead atoms. The third-order valence-electron chi connectivity index (χ3n) is 7.40. The van der Waals surface area contributed by atoms with Crippen LogP contribution in [0.4, 0.5) is 13.6 Å². The zero-order valence-electron chi connectivity index (χ0n) is 22.5. The third-order valence-corrected chi connectivity index (χ3v) is 7.40. The molecule has 2 heterocycles. The van der Waals surface area contributed by atoms with Crippen molar-refractivity contribution in [3.05, 3.63) is 59.1 Å². The second-order valence-electron chi connectivity index (χ2n) is 10.7. The van der Waals surface area contributed by atoms with Crippen molar-refractivity contribution in [2.75, 3.05) is 26.2 Å². The SMILES string of the molecule is [C-]#[N+]C(=CC(C)(C)N1CCC(F)(F)CC1)C(=O)N1CCCC[C@@H]1COC(=O)N[C@@H](Cc1ccccc1)B(O)O. The molecular formula is C27H37BF2N4O5. The molecule has 212 valence electrons. The molecule has 0 unspecified atom stereocenters. The number of hydrogen-bond acceptors (Lipinski definition) is 6. The van der Waals surface area contributed by atoms with Crippen LogP contribution in [0.25, 0.3) is 4.85 Å². The fourth-order valence-corrected chi connectivity index (χ4v) is 5.03. The predicted molar refractivity (Wildman–Crippen MR) is 142 cm³/mol. The summed E-state index contributed by atoms with van der Waals surface area (Å²) in [5.41, 5.74) is -0.0632. The van der Waals surface area contributed by atoms with Crippen molar-refractivity contribution in [2.24, 2.45) is 0 Å². The number of nitrogens with zero attached hydrogens (tertiary/aromatic N) is 3. The number of nitrogens with one attached hydrogen (secondary N) is 1. The van der Waals surface area contributed by atoms with Gasteiger partial charge in [-0.3, -0.25) is 9.69 Å². The number of rotatable bonds is 9. The zero-order valence-corrected chi connectivity index (χ0v) is 22.5. The number of alkyl carbamates (subject to hydrolysis) is 1. The summed E-state index contributed by atoms with van der Waals surface area (Å²) in [6.07, 6.45) is 2.48. The van der Waals surface area contributed by atoms with Gasteiger partial charge in [0.15, 0.2) is 0 Å². The Hall–Kier alpha value is -3.01. The molecule has 2 aliphatic heterocycles. The van der Waals surface area contributed by atoms with Crippen molar-refractivity contribution in [1.82, 2.24) is 15.1 Å². The van der Waals surface area contributed by atoms with Crippen molar-refractivity contribution < 1.29 is 33.2 Å². The Kier molecular flexibility index (Phi) is 10.5. The third kappa shape index (κ3) is 8.75. The van der Waals surface area contributed by atoms with E-state index in [9.17, 15) is 28.4 Å². The number of carbonyl (C=O) groups excluding carboxylic acids is 2. The molecule has 9 nitrogen and oxygen atoms in total. The number of likely N-dealkylation sites (tertiary alicyclic amines) is 2. The first-order chi connectivity index (χ1) is 18.4. The number of ether oxygens (including phenoxy) is 1. The van der Waals surface area contributed by atoms with Crippen molar-refractivity contribution >= 4 is 19.1 Å². The Bertz CT molecular complexity index is 1050. The monoisotopic (exact) mass is 546 g/mol. The Morgan fingerprint density at radius 2 is 1.90 bits per heavy atom. The summed E-state index contributed by atoms with van der Waals surface area (Å²) in [6, 6.07) is 8.60. The molecule has 0 aliphatic carbocycles. The first-order valence-electron chi connectivity index (χ1n) is 13.3. The highest BCUT2D eigenvalue weighted by Gasteiger charge is 2.39. The molecule has 12 heteroatoms. The van der Waals surface area contributed by atoms with E-state index in [-0.39, 0.29) is 44.7 Å². The van der Waals surface area contributed by atoms with Gasteiger partial charge in [-0.2, -0.15) is 0 Å². The lowest BCUT2D eigenvalue weighted by molar-refractivity contribution is -0.131. The quantitative estimate of drug-likeness (QED) is 0.250. The number of halogens is 2. The van der Waals surface area contributed by atoms with Gasteiger partial charge in [-0.15, -0.1) is 0 Å². The topological polar surface area (TPSA) is 107 Å². The van der Waals surface area contributed by atoms with E-state index >= 15 is 0 Å². The van der Waals surface area contributed by atoms with Crippen molar-refractivity contribution in [3.8, 4) is 0 Å². The highest BCUT2D eigenvalue weighted by molar-refractivity contribution is 6.43.